The molecule has 2 amide bonds. The van der Waals surface area contributed by atoms with Gasteiger partial charge in [-0.15, -0.1) is 0 Å². The molecule has 9 nitrogen and oxygen atoms in total. The van der Waals surface area contributed by atoms with E-state index in [1.807, 2.05) is 20.8 Å². The monoisotopic (exact) mass is 581 g/mol. The van der Waals surface area contributed by atoms with Crippen LogP contribution in [-0.2, 0) is 26.2 Å². The summed E-state index contributed by atoms with van der Waals surface area (Å²) in [6.45, 7) is 7.28. The molecule has 3 rings (SSSR count). The summed E-state index contributed by atoms with van der Waals surface area (Å²) in [6, 6.07) is 17.9. The Morgan fingerprint density at radius 2 is 1.54 bits per heavy atom. The van der Waals surface area contributed by atoms with Crippen LogP contribution < -0.4 is 19.1 Å². The summed E-state index contributed by atoms with van der Waals surface area (Å²) in [4.78, 5) is 28.5. The molecule has 0 saturated heterocycles. The molecule has 0 fully saturated rings. The molecule has 1 atom stereocenters. The summed E-state index contributed by atoms with van der Waals surface area (Å²) in [7, 11) is -1.19. The molecule has 41 heavy (non-hydrogen) atoms. The number of nitrogens with zero attached hydrogens (tertiary/aromatic N) is 2. The van der Waals surface area contributed by atoms with Crippen LogP contribution in [0.3, 0.4) is 0 Å². The first-order valence-corrected chi connectivity index (χ1v) is 14.9. The second-order valence-electron chi connectivity index (χ2n) is 9.84. The van der Waals surface area contributed by atoms with Gasteiger partial charge in [0, 0.05) is 13.1 Å². The van der Waals surface area contributed by atoms with Crippen LogP contribution in [0.5, 0.6) is 11.5 Å². The third-order valence-corrected chi connectivity index (χ3v) is 8.49. The zero-order valence-electron chi connectivity index (χ0n) is 24.5. The minimum atomic E-state index is -4.20. The third-order valence-electron chi connectivity index (χ3n) is 6.72. The van der Waals surface area contributed by atoms with E-state index in [0.717, 1.165) is 27.4 Å². The highest BCUT2D eigenvalue weighted by atomic mass is 32.2. The van der Waals surface area contributed by atoms with Gasteiger partial charge in [0.2, 0.25) is 11.8 Å². The van der Waals surface area contributed by atoms with Crippen molar-refractivity contribution in [3.63, 3.8) is 0 Å². The fourth-order valence-corrected chi connectivity index (χ4v) is 5.67. The molecule has 0 heterocycles. The zero-order valence-corrected chi connectivity index (χ0v) is 25.3. The van der Waals surface area contributed by atoms with Crippen LogP contribution in [0.15, 0.2) is 71.6 Å². The van der Waals surface area contributed by atoms with E-state index in [1.165, 1.54) is 24.1 Å². The van der Waals surface area contributed by atoms with Gasteiger partial charge in [-0.05, 0) is 74.7 Å². The number of amides is 2. The summed E-state index contributed by atoms with van der Waals surface area (Å²) >= 11 is 0. The molecule has 0 aromatic heterocycles. The molecule has 0 spiro atoms. The van der Waals surface area contributed by atoms with Gasteiger partial charge < -0.3 is 19.7 Å². The molecule has 0 radical (unpaired) electrons. The van der Waals surface area contributed by atoms with Gasteiger partial charge in [-0.3, -0.25) is 13.9 Å². The minimum absolute atomic E-state index is 0.0369. The lowest BCUT2D eigenvalue weighted by Crippen LogP contribution is -2.51. The summed E-state index contributed by atoms with van der Waals surface area (Å²) in [5.74, 6) is 0.0887. The average Bonchev–Trinajstić information content (AvgIpc) is 2.97. The number of methoxy groups -OCH3 is 2. The van der Waals surface area contributed by atoms with Crippen molar-refractivity contribution in [1.29, 1.82) is 0 Å². The minimum Gasteiger partial charge on any atom is -0.497 e. The van der Waals surface area contributed by atoms with Crippen molar-refractivity contribution in [2.75, 3.05) is 31.6 Å². The summed E-state index contributed by atoms with van der Waals surface area (Å²) in [5, 5.41) is 2.84. The first kappa shape index (κ1) is 31.5. The number of carbonyl (C=O) groups excluding carboxylic acids is 2. The van der Waals surface area contributed by atoms with Crippen LogP contribution in [0.2, 0.25) is 0 Å². The number of benzene rings is 3. The Balaban J connectivity index is 2.08. The fraction of sp³-hybridized carbons (Fsp3) is 0.355. The third kappa shape index (κ3) is 7.79. The molecule has 0 bridgehead atoms. The topological polar surface area (TPSA) is 105 Å². The number of sulfonamides is 1. The highest BCUT2D eigenvalue weighted by Crippen LogP contribution is 2.34. The number of hydrogen-bond donors (Lipinski definition) is 1. The Hall–Kier alpha value is -4.05. The normalized spacial score (nSPS) is 11.9. The number of anilines is 1. The zero-order chi connectivity index (χ0) is 30.2. The lowest BCUT2D eigenvalue weighted by atomic mass is 10.1. The van der Waals surface area contributed by atoms with Crippen molar-refractivity contribution in [2.24, 2.45) is 0 Å². The second-order valence-corrected chi connectivity index (χ2v) is 11.7. The summed E-state index contributed by atoms with van der Waals surface area (Å²) < 4.78 is 39.9. The SMILES string of the molecule is CCCNC(=O)[C@H](C)N(Cc1ccc(OC)cc1)C(=O)CN(c1cc(C)ccc1OC)S(=O)(=O)c1ccc(C)cc1. The van der Waals surface area contributed by atoms with Crippen LogP contribution in [-0.4, -0.2) is 58.5 Å². The standard InChI is InChI=1S/C31H39N3O6S/c1-7-18-32-31(36)24(4)33(20-25-11-13-26(39-5)14-12-25)30(35)21-34(28-19-23(3)10-17-29(28)40-6)41(37,38)27-15-8-22(2)9-16-27/h8-17,19,24H,7,18,20-21H2,1-6H3,(H,32,36)/t24-/m0/s1. The number of aryl methyl sites for hydroxylation is 2. The van der Waals surface area contributed by atoms with Crippen LogP contribution >= 0.6 is 0 Å². The molecule has 0 unspecified atom stereocenters. The fourth-order valence-electron chi connectivity index (χ4n) is 4.25. The van der Waals surface area contributed by atoms with E-state index < -0.39 is 28.5 Å². The van der Waals surface area contributed by atoms with Crippen LogP contribution in [0.4, 0.5) is 5.69 Å². The largest absolute Gasteiger partial charge is 0.497 e. The summed E-state index contributed by atoms with van der Waals surface area (Å²) in [6.07, 6.45) is 0.737. The van der Waals surface area contributed by atoms with Crippen LogP contribution in [0.25, 0.3) is 0 Å². The maximum absolute atomic E-state index is 14.1. The first-order chi connectivity index (χ1) is 19.5. The van der Waals surface area contributed by atoms with E-state index >= 15 is 0 Å². The van der Waals surface area contributed by atoms with Gasteiger partial charge in [0.05, 0.1) is 24.8 Å². The highest BCUT2D eigenvalue weighted by molar-refractivity contribution is 7.92. The van der Waals surface area contributed by atoms with Crippen molar-refractivity contribution in [2.45, 2.75) is 51.6 Å². The van der Waals surface area contributed by atoms with Crippen molar-refractivity contribution < 1.29 is 27.5 Å². The predicted molar refractivity (Wildman–Crippen MR) is 160 cm³/mol. The van der Waals surface area contributed by atoms with Crippen LogP contribution in [0.1, 0.15) is 37.0 Å². The highest BCUT2D eigenvalue weighted by Gasteiger charge is 2.33. The second kappa shape index (κ2) is 14.0. The van der Waals surface area contributed by atoms with Crippen molar-refractivity contribution >= 4 is 27.5 Å². The van der Waals surface area contributed by atoms with Gasteiger partial charge in [-0.1, -0.05) is 42.8 Å². The Bertz CT molecular complexity index is 1440. The van der Waals surface area contributed by atoms with Gasteiger partial charge in [0.15, 0.2) is 0 Å². The van der Waals surface area contributed by atoms with E-state index in [9.17, 15) is 18.0 Å². The average molecular weight is 582 g/mol. The quantitative estimate of drug-likeness (QED) is 0.320. The van der Waals surface area contributed by atoms with E-state index in [4.69, 9.17) is 9.47 Å². The molecule has 0 aliphatic carbocycles. The number of carbonyl (C=O) groups is 2. The maximum atomic E-state index is 14.1. The molecule has 220 valence electrons. The van der Waals surface area contributed by atoms with Crippen molar-refractivity contribution in [1.82, 2.24) is 10.2 Å². The molecular formula is C31H39N3O6S. The Kier molecular flexibility index (Phi) is 10.8. The number of hydrogen-bond acceptors (Lipinski definition) is 6. The molecule has 3 aromatic carbocycles. The Morgan fingerprint density at radius 1 is 0.902 bits per heavy atom. The summed E-state index contributed by atoms with van der Waals surface area (Å²) in [5.41, 5.74) is 2.68. The van der Waals surface area contributed by atoms with E-state index in [0.29, 0.717) is 18.0 Å². The molecule has 1 N–H and O–H groups in total. The van der Waals surface area contributed by atoms with Gasteiger partial charge >= 0.3 is 0 Å². The molecule has 3 aromatic rings. The van der Waals surface area contributed by atoms with Crippen LogP contribution in [0, 0.1) is 13.8 Å². The van der Waals surface area contributed by atoms with Gasteiger partial charge in [-0.2, -0.15) is 0 Å². The Labute approximate surface area is 243 Å². The molecule has 0 aliphatic heterocycles. The lowest BCUT2D eigenvalue weighted by Gasteiger charge is -2.32. The molecule has 10 heteroatoms. The van der Waals surface area contributed by atoms with E-state index in [-0.39, 0.29) is 23.0 Å². The van der Waals surface area contributed by atoms with E-state index in [2.05, 4.69) is 5.32 Å². The first-order valence-electron chi connectivity index (χ1n) is 13.5. The van der Waals surface area contributed by atoms with Gasteiger partial charge in [-0.25, -0.2) is 8.42 Å². The maximum Gasteiger partial charge on any atom is 0.264 e. The predicted octanol–water partition coefficient (Wildman–Crippen LogP) is 4.46. The molecular weight excluding hydrogens is 542 g/mol. The number of rotatable bonds is 13. The van der Waals surface area contributed by atoms with Gasteiger partial charge in [0.1, 0.15) is 24.1 Å². The molecule has 0 saturated carbocycles. The lowest BCUT2D eigenvalue weighted by molar-refractivity contribution is -0.139. The van der Waals surface area contributed by atoms with Gasteiger partial charge in [0.25, 0.3) is 10.0 Å². The number of nitrogens with one attached hydrogen (secondary N) is 1. The van der Waals surface area contributed by atoms with Crippen molar-refractivity contribution in [3.8, 4) is 11.5 Å². The molecule has 0 aliphatic rings. The van der Waals surface area contributed by atoms with Crippen molar-refractivity contribution in [3.05, 3.63) is 83.4 Å². The van der Waals surface area contributed by atoms with E-state index in [1.54, 1.807) is 68.6 Å². The smallest absolute Gasteiger partial charge is 0.264 e. The Morgan fingerprint density at radius 3 is 2.12 bits per heavy atom. The number of ether oxygens (including phenoxy) is 2.